The van der Waals surface area contributed by atoms with Gasteiger partial charge in [0.2, 0.25) is 5.82 Å². The molecule has 5 nitrogen and oxygen atoms in total. The largest absolute Gasteiger partial charge is 0.378 e. The van der Waals surface area contributed by atoms with Gasteiger partial charge in [0.25, 0.3) is 5.89 Å². The highest BCUT2D eigenvalue weighted by molar-refractivity contribution is 5.22. The second kappa shape index (κ2) is 5.95. The Hall–Kier alpha value is -1.72. The molecule has 1 aliphatic carbocycles. The molecular formula is C16H20N2O3. The van der Waals surface area contributed by atoms with Crippen LogP contribution >= 0.6 is 0 Å². The maximum Gasteiger partial charge on any atom is 0.260 e. The first-order chi connectivity index (χ1) is 10.2. The van der Waals surface area contributed by atoms with E-state index in [4.69, 9.17) is 9.26 Å². The molecule has 1 saturated carbocycles. The number of hydrogen-bond donors (Lipinski definition) is 1. The van der Waals surface area contributed by atoms with Crippen molar-refractivity contribution in [3.63, 3.8) is 0 Å². The summed E-state index contributed by atoms with van der Waals surface area (Å²) in [5.41, 5.74) is 0.303. The van der Waals surface area contributed by atoms with E-state index in [-0.39, 0.29) is 5.89 Å². The quantitative estimate of drug-likeness (QED) is 0.916. The van der Waals surface area contributed by atoms with E-state index in [2.05, 4.69) is 10.1 Å². The second-order valence-electron chi connectivity index (χ2n) is 5.40. The summed E-state index contributed by atoms with van der Waals surface area (Å²) in [5.74, 6) is 0.786. The maximum absolute atomic E-state index is 10.3. The molecule has 3 rings (SSSR count). The molecular weight excluding hydrogens is 268 g/mol. The van der Waals surface area contributed by atoms with E-state index in [1.807, 2.05) is 37.3 Å². The molecule has 1 aromatic carbocycles. The first kappa shape index (κ1) is 14.2. The lowest BCUT2D eigenvalue weighted by molar-refractivity contribution is -0.0469. The average molecular weight is 288 g/mol. The summed E-state index contributed by atoms with van der Waals surface area (Å²) >= 11 is 0. The van der Waals surface area contributed by atoms with Gasteiger partial charge in [-0.05, 0) is 38.2 Å². The van der Waals surface area contributed by atoms with Crippen LogP contribution in [0.15, 0.2) is 34.9 Å². The molecule has 0 bridgehead atoms. The van der Waals surface area contributed by atoms with Gasteiger partial charge in [-0.1, -0.05) is 35.5 Å². The number of rotatable bonds is 5. The minimum atomic E-state index is -0.896. The number of aromatic nitrogens is 2. The minimum Gasteiger partial charge on any atom is -0.378 e. The van der Waals surface area contributed by atoms with Gasteiger partial charge in [-0.15, -0.1) is 0 Å². The molecule has 2 aromatic rings. The summed E-state index contributed by atoms with van der Waals surface area (Å²) in [6.45, 7) is 2.59. The van der Waals surface area contributed by atoms with Crippen LogP contribution in [0.2, 0.25) is 0 Å². The molecule has 1 aliphatic rings. The van der Waals surface area contributed by atoms with E-state index in [9.17, 15) is 5.11 Å². The zero-order valence-corrected chi connectivity index (χ0v) is 12.2. The molecule has 1 N–H and O–H groups in total. The van der Waals surface area contributed by atoms with Crippen molar-refractivity contribution in [3.8, 4) is 0 Å². The van der Waals surface area contributed by atoms with Gasteiger partial charge in [0, 0.05) is 6.61 Å². The van der Waals surface area contributed by atoms with Crippen LogP contribution in [0.3, 0.4) is 0 Å². The van der Waals surface area contributed by atoms with Crippen molar-refractivity contribution in [1.29, 1.82) is 0 Å². The molecule has 21 heavy (non-hydrogen) atoms. The van der Waals surface area contributed by atoms with Crippen LogP contribution in [-0.2, 0) is 10.3 Å². The number of aliphatic hydroxyl groups is 1. The van der Waals surface area contributed by atoms with Crippen LogP contribution in [0.5, 0.6) is 0 Å². The number of ether oxygens (including phenoxy) is 1. The number of nitrogens with zero attached hydrogens (tertiary/aromatic N) is 2. The van der Waals surface area contributed by atoms with Crippen molar-refractivity contribution in [2.75, 3.05) is 6.61 Å². The SMILES string of the molecule is CCOC1(c2noc(C(O)c3ccccc3)n2)CCCC1. The van der Waals surface area contributed by atoms with Crippen molar-refractivity contribution in [2.45, 2.75) is 44.3 Å². The van der Waals surface area contributed by atoms with Gasteiger partial charge < -0.3 is 14.4 Å². The first-order valence-corrected chi connectivity index (χ1v) is 7.46. The standard InChI is InChI=1S/C16H20N2O3/c1-2-20-16(10-6-7-11-16)15-17-14(21-18-15)13(19)12-8-4-3-5-9-12/h3-5,8-9,13,19H,2,6-7,10-11H2,1H3. The predicted molar refractivity (Wildman–Crippen MR) is 76.6 cm³/mol. The van der Waals surface area contributed by atoms with E-state index < -0.39 is 11.7 Å². The average Bonchev–Trinajstić information content (AvgIpc) is 3.17. The summed E-state index contributed by atoms with van der Waals surface area (Å²) in [4.78, 5) is 4.41. The van der Waals surface area contributed by atoms with Crippen LogP contribution < -0.4 is 0 Å². The predicted octanol–water partition coefficient (Wildman–Crippen LogP) is 2.96. The topological polar surface area (TPSA) is 68.4 Å². The number of hydrogen-bond acceptors (Lipinski definition) is 5. The summed E-state index contributed by atoms with van der Waals surface area (Å²) in [6, 6.07) is 9.31. The van der Waals surface area contributed by atoms with Gasteiger partial charge in [0.15, 0.2) is 6.10 Å². The molecule has 1 fully saturated rings. The van der Waals surface area contributed by atoms with Crippen molar-refractivity contribution in [3.05, 3.63) is 47.6 Å². The van der Waals surface area contributed by atoms with E-state index in [0.29, 0.717) is 12.4 Å². The Morgan fingerprint density at radius 2 is 2.00 bits per heavy atom. The third kappa shape index (κ3) is 2.71. The third-order valence-electron chi connectivity index (χ3n) is 4.03. The fourth-order valence-electron chi connectivity index (χ4n) is 2.96. The van der Waals surface area contributed by atoms with Crippen LogP contribution in [-0.4, -0.2) is 21.9 Å². The smallest absolute Gasteiger partial charge is 0.260 e. The Morgan fingerprint density at radius 1 is 1.29 bits per heavy atom. The van der Waals surface area contributed by atoms with Crippen LogP contribution in [0.1, 0.15) is 56.0 Å². The first-order valence-electron chi connectivity index (χ1n) is 7.46. The van der Waals surface area contributed by atoms with E-state index >= 15 is 0 Å². The molecule has 0 spiro atoms. The van der Waals surface area contributed by atoms with E-state index in [0.717, 1.165) is 31.2 Å². The van der Waals surface area contributed by atoms with Gasteiger partial charge in [-0.3, -0.25) is 0 Å². The van der Waals surface area contributed by atoms with E-state index in [1.54, 1.807) is 0 Å². The Kier molecular flexibility index (Phi) is 4.03. The molecule has 5 heteroatoms. The lowest BCUT2D eigenvalue weighted by Gasteiger charge is -2.24. The Morgan fingerprint density at radius 3 is 2.67 bits per heavy atom. The Labute approximate surface area is 123 Å². The molecule has 1 aromatic heterocycles. The highest BCUT2D eigenvalue weighted by Crippen LogP contribution is 2.41. The molecule has 0 aliphatic heterocycles. The van der Waals surface area contributed by atoms with Crippen LogP contribution in [0.4, 0.5) is 0 Å². The van der Waals surface area contributed by atoms with Gasteiger partial charge in [-0.25, -0.2) is 0 Å². The van der Waals surface area contributed by atoms with Crippen LogP contribution in [0.25, 0.3) is 0 Å². The third-order valence-corrected chi connectivity index (χ3v) is 4.03. The maximum atomic E-state index is 10.3. The van der Waals surface area contributed by atoms with Crippen molar-refractivity contribution in [2.24, 2.45) is 0 Å². The molecule has 0 saturated heterocycles. The normalized spacial score (nSPS) is 18.8. The molecule has 1 atom stereocenters. The number of aliphatic hydroxyl groups excluding tert-OH is 1. The lowest BCUT2D eigenvalue weighted by Crippen LogP contribution is -2.27. The summed E-state index contributed by atoms with van der Waals surface area (Å²) in [7, 11) is 0. The van der Waals surface area contributed by atoms with Crippen molar-refractivity contribution < 1.29 is 14.4 Å². The zero-order chi connectivity index (χ0) is 14.7. The molecule has 1 heterocycles. The molecule has 0 amide bonds. The van der Waals surface area contributed by atoms with E-state index in [1.165, 1.54) is 0 Å². The summed E-state index contributed by atoms with van der Waals surface area (Å²) in [6.07, 6.45) is 3.12. The highest BCUT2D eigenvalue weighted by Gasteiger charge is 2.41. The Bertz CT molecular complexity index is 576. The zero-order valence-electron chi connectivity index (χ0n) is 12.2. The second-order valence-corrected chi connectivity index (χ2v) is 5.40. The molecule has 112 valence electrons. The fraction of sp³-hybridized carbons (Fsp3) is 0.500. The van der Waals surface area contributed by atoms with Gasteiger partial charge >= 0.3 is 0 Å². The monoisotopic (exact) mass is 288 g/mol. The fourth-order valence-corrected chi connectivity index (χ4v) is 2.96. The summed E-state index contributed by atoms with van der Waals surface area (Å²) < 4.78 is 11.2. The van der Waals surface area contributed by atoms with Gasteiger partial charge in [-0.2, -0.15) is 4.98 Å². The van der Waals surface area contributed by atoms with Crippen molar-refractivity contribution >= 4 is 0 Å². The molecule has 0 radical (unpaired) electrons. The van der Waals surface area contributed by atoms with Gasteiger partial charge in [0.1, 0.15) is 5.60 Å². The highest BCUT2D eigenvalue weighted by atomic mass is 16.5. The van der Waals surface area contributed by atoms with Gasteiger partial charge in [0.05, 0.1) is 0 Å². The number of benzene rings is 1. The molecule has 1 unspecified atom stereocenters. The lowest BCUT2D eigenvalue weighted by atomic mass is 10.0. The minimum absolute atomic E-state index is 0.224. The Balaban J connectivity index is 1.86. The van der Waals surface area contributed by atoms with Crippen LogP contribution in [0, 0.1) is 0 Å². The van der Waals surface area contributed by atoms with Crippen molar-refractivity contribution in [1.82, 2.24) is 10.1 Å². The summed E-state index contributed by atoms with van der Waals surface area (Å²) in [5, 5.41) is 14.4.